The number of nitrogens with zero attached hydrogens (tertiary/aromatic N) is 1. The van der Waals surface area contributed by atoms with Gasteiger partial charge in [-0.2, -0.15) is 0 Å². The van der Waals surface area contributed by atoms with Crippen LogP contribution in [0.5, 0.6) is 5.75 Å². The standard InChI is InChI=1S/C23H40N4O4.HI/c1-8-24-20(26-17-23(5,6)27-21(28)31-22(2,3)4)25-16-18-11-9-12-19(15-18)30-14-10-13-29-7;/h9,11-12,15H,8,10,13-14,16-17H2,1-7H3,(H,27,28)(H2,24,25,26);1H. The van der Waals surface area contributed by atoms with Crippen molar-refractivity contribution in [1.82, 2.24) is 16.0 Å². The summed E-state index contributed by atoms with van der Waals surface area (Å²) in [5.74, 6) is 1.50. The lowest BCUT2D eigenvalue weighted by Gasteiger charge is -2.29. The highest BCUT2D eigenvalue weighted by Crippen LogP contribution is 2.14. The summed E-state index contributed by atoms with van der Waals surface area (Å²) in [6.45, 7) is 14.4. The van der Waals surface area contributed by atoms with Gasteiger partial charge in [0.05, 0.1) is 18.7 Å². The van der Waals surface area contributed by atoms with Crippen LogP contribution in [0.2, 0.25) is 0 Å². The van der Waals surface area contributed by atoms with Gasteiger partial charge in [-0.05, 0) is 59.2 Å². The Bertz CT molecular complexity index is 705. The SMILES string of the molecule is CCNC(=NCc1cccc(OCCCOC)c1)NCC(C)(C)NC(=O)OC(C)(C)C.I. The van der Waals surface area contributed by atoms with Crippen LogP contribution < -0.4 is 20.7 Å². The van der Waals surface area contributed by atoms with Crippen molar-refractivity contribution >= 4 is 36.0 Å². The fourth-order valence-electron chi connectivity index (χ4n) is 2.57. The van der Waals surface area contributed by atoms with E-state index in [1.165, 1.54) is 0 Å². The van der Waals surface area contributed by atoms with Gasteiger partial charge in [0.1, 0.15) is 11.4 Å². The van der Waals surface area contributed by atoms with E-state index in [1.54, 1.807) is 7.11 Å². The minimum Gasteiger partial charge on any atom is -0.493 e. The van der Waals surface area contributed by atoms with Crippen molar-refractivity contribution in [1.29, 1.82) is 0 Å². The van der Waals surface area contributed by atoms with Crippen molar-refractivity contribution in [3.63, 3.8) is 0 Å². The van der Waals surface area contributed by atoms with Gasteiger partial charge in [0, 0.05) is 33.2 Å². The number of halogens is 1. The van der Waals surface area contributed by atoms with Gasteiger partial charge in [0.25, 0.3) is 0 Å². The molecule has 0 spiro atoms. The van der Waals surface area contributed by atoms with E-state index < -0.39 is 17.2 Å². The van der Waals surface area contributed by atoms with E-state index in [9.17, 15) is 4.79 Å². The molecule has 9 heteroatoms. The van der Waals surface area contributed by atoms with E-state index in [2.05, 4.69) is 20.9 Å². The number of aliphatic imine (C=N–C) groups is 1. The molecule has 0 saturated heterocycles. The fraction of sp³-hybridized carbons (Fsp3) is 0.652. The third-order valence-corrected chi connectivity index (χ3v) is 3.96. The highest BCUT2D eigenvalue weighted by molar-refractivity contribution is 14.0. The van der Waals surface area contributed by atoms with E-state index >= 15 is 0 Å². The summed E-state index contributed by atoms with van der Waals surface area (Å²) in [7, 11) is 1.68. The normalized spacial score (nSPS) is 11.9. The van der Waals surface area contributed by atoms with E-state index in [0.29, 0.717) is 32.3 Å². The maximum absolute atomic E-state index is 12.1. The first-order chi connectivity index (χ1) is 14.5. The fourth-order valence-corrected chi connectivity index (χ4v) is 2.57. The van der Waals surface area contributed by atoms with Crippen LogP contribution in [0.15, 0.2) is 29.3 Å². The summed E-state index contributed by atoms with van der Waals surface area (Å²) < 4.78 is 16.1. The van der Waals surface area contributed by atoms with Gasteiger partial charge in [-0.1, -0.05) is 12.1 Å². The van der Waals surface area contributed by atoms with Gasteiger partial charge in [-0.25, -0.2) is 9.79 Å². The Kier molecular flexibility index (Phi) is 14.3. The molecule has 0 fully saturated rings. The number of hydrogen-bond acceptors (Lipinski definition) is 5. The third kappa shape index (κ3) is 14.3. The summed E-state index contributed by atoms with van der Waals surface area (Å²) in [6.07, 6.45) is 0.407. The number of rotatable bonds is 11. The van der Waals surface area contributed by atoms with Gasteiger partial charge in [-0.3, -0.25) is 0 Å². The van der Waals surface area contributed by atoms with Gasteiger partial charge in [-0.15, -0.1) is 24.0 Å². The number of nitrogens with one attached hydrogen (secondary N) is 3. The topological polar surface area (TPSA) is 93.2 Å². The molecule has 3 N–H and O–H groups in total. The van der Waals surface area contributed by atoms with E-state index in [1.807, 2.05) is 65.8 Å². The molecular formula is C23H41IN4O4. The molecule has 184 valence electrons. The summed E-state index contributed by atoms with van der Waals surface area (Å²) in [5, 5.41) is 9.40. The van der Waals surface area contributed by atoms with Gasteiger partial charge in [0.2, 0.25) is 0 Å². The second-order valence-electron chi connectivity index (χ2n) is 8.90. The maximum atomic E-state index is 12.1. The van der Waals surface area contributed by atoms with Crippen molar-refractivity contribution in [2.45, 2.75) is 65.6 Å². The molecule has 0 aliphatic rings. The minimum absolute atomic E-state index is 0. The molecule has 1 amide bonds. The largest absolute Gasteiger partial charge is 0.493 e. The van der Waals surface area contributed by atoms with Crippen LogP contribution in [0.25, 0.3) is 0 Å². The lowest BCUT2D eigenvalue weighted by Crippen LogP contribution is -2.54. The molecule has 0 heterocycles. The highest BCUT2D eigenvalue weighted by Gasteiger charge is 2.24. The van der Waals surface area contributed by atoms with Crippen LogP contribution in [0.4, 0.5) is 4.79 Å². The molecule has 0 aromatic heterocycles. The molecule has 0 unspecified atom stereocenters. The van der Waals surface area contributed by atoms with Crippen LogP contribution in [0.3, 0.4) is 0 Å². The Morgan fingerprint density at radius 2 is 1.81 bits per heavy atom. The zero-order valence-corrected chi connectivity index (χ0v) is 22.9. The summed E-state index contributed by atoms with van der Waals surface area (Å²) >= 11 is 0. The number of hydrogen-bond donors (Lipinski definition) is 3. The molecule has 0 atom stereocenters. The monoisotopic (exact) mass is 564 g/mol. The first kappa shape index (κ1) is 30.2. The van der Waals surface area contributed by atoms with Crippen LogP contribution in [0, 0.1) is 0 Å². The Morgan fingerprint density at radius 1 is 1.09 bits per heavy atom. The van der Waals surface area contributed by atoms with Crippen LogP contribution >= 0.6 is 24.0 Å². The van der Waals surface area contributed by atoms with Crippen molar-refractivity contribution in [2.24, 2.45) is 4.99 Å². The van der Waals surface area contributed by atoms with E-state index in [4.69, 9.17) is 14.2 Å². The number of benzene rings is 1. The smallest absolute Gasteiger partial charge is 0.408 e. The number of guanidine groups is 1. The number of ether oxygens (including phenoxy) is 3. The minimum atomic E-state index is -0.536. The van der Waals surface area contributed by atoms with Crippen LogP contribution in [0.1, 0.15) is 53.5 Å². The van der Waals surface area contributed by atoms with E-state index in [0.717, 1.165) is 24.3 Å². The third-order valence-electron chi connectivity index (χ3n) is 3.96. The number of amides is 1. The number of carbonyl (C=O) groups is 1. The van der Waals surface area contributed by atoms with Crippen LogP contribution in [-0.2, 0) is 16.0 Å². The maximum Gasteiger partial charge on any atom is 0.408 e. The van der Waals surface area contributed by atoms with Gasteiger partial charge in [0.15, 0.2) is 5.96 Å². The second kappa shape index (κ2) is 15.2. The van der Waals surface area contributed by atoms with Crippen LogP contribution in [-0.4, -0.2) is 56.6 Å². The average Bonchev–Trinajstić information content (AvgIpc) is 2.66. The van der Waals surface area contributed by atoms with Crippen molar-refractivity contribution in [2.75, 3.05) is 33.4 Å². The van der Waals surface area contributed by atoms with Gasteiger partial charge >= 0.3 is 6.09 Å². The van der Waals surface area contributed by atoms with Gasteiger partial charge < -0.3 is 30.2 Å². The Morgan fingerprint density at radius 3 is 2.44 bits per heavy atom. The Balaban J connectivity index is 0.00000961. The zero-order chi connectivity index (χ0) is 23.3. The van der Waals surface area contributed by atoms with Crippen molar-refractivity contribution in [3.8, 4) is 5.75 Å². The first-order valence-corrected chi connectivity index (χ1v) is 10.8. The molecule has 1 aromatic carbocycles. The quantitative estimate of drug-likeness (QED) is 0.162. The molecule has 0 aliphatic carbocycles. The number of methoxy groups -OCH3 is 1. The molecule has 1 aromatic rings. The number of carbonyl (C=O) groups excluding carboxylic acids is 1. The molecular weight excluding hydrogens is 523 g/mol. The molecule has 1 rings (SSSR count). The van der Waals surface area contributed by atoms with Crippen molar-refractivity contribution < 1.29 is 19.0 Å². The highest BCUT2D eigenvalue weighted by atomic mass is 127. The molecule has 8 nitrogen and oxygen atoms in total. The van der Waals surface area contributed by atoms with Crippen molar-refractivity contribution in [3.05, 3.63) is 29.8 Å². The number of alkyl carbamates (subject to hydrolysis) is 1. The lowest BCUT2D eigenvalue weighted by molar-refractivity contribution is 0.0474. The molecule has 0 bridgehead atoms. The predicted octanol–water partition coefficient (Wildman–Crippen LogP) is 4.08. The Hall–Kier alpha value is -1.75. The molecule has 0 radical (unpaired) electrons. The predicted molar refractivity (Wildman–Crippen MR) is 140 cm³/mol. The first-order valence-electron chi connectivity index (χ1n) is 10.8. The Labute approximate surface area is 210 Å². The second-order valence-corrected chi connectivity index (χ2v) is 8.90. The molecule has 32 heavy (non-hydrogen) atoms. The molecule has 0 saturated carbocycles. The lowest BCUT2D eigenvalue weighted by atomic mass is 10.1. The summed E-state index contributed by atoms with van der Waals surface area (Å²) in [5.41, 5.74) is -0.00638. The summed E-state index contributed by atoms with van der Waals surface area (Å²) in [6, 6.07) is 7.91. The van der Waals surface area contributed by atoms with E-state index in [-0.39, 0.29) is 24.0 Å². The molecule has 0 aliphatic heterocycles. The summed E-state index contributed by atoms with van der Waals surface area (Å²) in [4.78, 5) is 16.7. The zero-order valence-electron chi connectivity index (χ0n) is 20.5. The average molecular weight is 565 g/mol.